The topological polar surface area (TPSA) is 35.5 Å². The van der Waals surface area contributed by atoms with Crippen LogP contribution in [-0.2, 0) is 14.0 Å². The quantitative estimate of drug-likeness (QED) is 0.221. The Labute approximate surface area is 145 Å². The number of ether oxygens (including phenoxy) is 1. The second kappa shape index (κ2) is 10.3. The molecule has 0 N–H and O–H groups in total. The SMILES string of the molecule is CCCCC[C@H](O[Si](C)(C)C(C)(C)C)[C@@H](C)/C=C/C(=O)OCC. The van der Waals surface area contributed by atoms with Gasteiger partial charge in [0.1, 0.15) is 0 Å². The van der Waals surface area contributed by atoms with E-state index in [9.17, 15) is 4.79 Å². The zero-order valence-corrected chi connectivity index (χ0v) is 17.6. The molecule has 0 heterocycles. The zero-order valence-electron chi connectivity index (χ0n) is 16.6. The normalized spacial score (nSPS) is 15.7. The molecule has 0 aromatic rings. The van der Waals surface area contributed by atoms with E-state index >= 15 is 0 Å². The van der Waals surface area contributed by atoms with Gasteiger partial charge in [-0.15, -0.1) is 0 Å². The highest BCUT2D eigenvalue weighted by atomic mass is 28.4. The smallest absolute Gasteiger partial charge is 0.330 e. The summed E-state index contributed by atoms with van der Waals surface area (Å²) in [4.78, 5) is 11.5. The van der Waals surface area contributed by atoms with Gasteiger partial charge in [0.25, 0.3) is 0 Å². The lowest BCUT2D eigenvalue weighted by Gasteiger charge is -2.40. The minimum atomic E-state index is -1.81. The Balaban J connectivity index is 4.95. The minimum absolute atomic E-state index is 0.174. The molecule has 0 aliphatic heterocycles. The molecule has 23 heavy (non-hydrogen) atoms. The first-order chi connectivity index (χ1) is 10.5. The lowest BCUT2D eigenvalue weighted by atomic mass is 9.99. The van der Waals surface area contributed by atoms with E-state index in [1.165, 1.54) is 19.3 Å². The molecular formula is C19H38O3Si. The Morgan fingerprint density at radius 3 is 2.26 bits per heavy atom. The molecule has 4 heteroatoms. The third kappa shape index (κ3) is 8.71. The maximum atomic E-state index is 11.5. The van der Waals surface area contributed by atoms with E-state index in [1.54, 1.807) is 6.08 Å². The van der Waals surface area contributed by atoms with E-state index in [1.807, 2.05) is 13.0 Å². The van der Waals surface area contributed by atoms with Crippen molar-refractivity contribution in [3.05, 3.63) is 12.2 Å². The fourth-order valence-corrected chi connectivity index (χ4v) is 3.57. The molecule has 0 spiro atoms. The van der Waals surface area contributed by atoms with Crippen molar-refractivity contribution < 1.29 is 14.0 Å². The minimum Gasteiger partial charge on any atom is -0.463 e. The van der Waals surface area contributed by atoms with Gasteiger partial charge in [-0.2, -0.15) is 0 Å². The van der Waals surface area contributed by atoms with Crippen LogP contribution in [0.2, 0.25) is 18.1 Å². The molecule has 0 radical (unpaired) electrons. The van der Waals surface area contributed by atoms with Crippen molar-refractivity contribution in [3.8, 4) is 0 Å². The van der Waals surface area contributed by atoms with Crippen LogP contribution in [0.25, 0.3) is 0 Å². The predicted octanol–water partition coefficient (Wildman–Crippen LogP) is 5.71. The van der Waals surface area contributed by atoms with Crippen molar-refractivity contribution in [1.82, 2.24) is 0 Å². The van der Waals surface area contributed by atoms with Gasteiger partial charge in [-0.25, -0.2) is 4.79 Å². The Bertz CT molecular complexity index is 369. The fourth-order valence-electron chi connectivity index (χ4n) is 2.12. The van der Waals surface area contributed by atoms with Gasteiger partial charge < -0.3 is 9.16 Å². The summed E-state index contributed by atoms with van der Waals surface area (Å²) in [6.07, 6.45) is 8.33. The molecule has 0 fully saturated rings. The molecule has 0 bridgehead atoms. The van der Waals surface area contributed by atoms with E-state index in [0.29, 0.717) is 6.61 Å². The highest BCUT2D eigenvalue weighted by molar-refractivity contribution is 6.74. The molecule has 2 atom stereocenters. The van der Waals surface area contributed by atoms with Crippen molar-refractivity contribution in [3.63, 3.8) is 0 Å². The molecular weight excluding hydrogens is 304 g/mol. The highest BCUT2D eigenvalue weighted by Crippen LogP contribution is 2.38. The number of unbranched alkanes of at least 4 members (excludes halogenated alkanes) is 2. The lowest BCUT2D eigenvalue weighted by molar-refractivity contribution is -0.137. The third-order valence-electron chi connectivity index (χ3n) is 4.75. The number of carbonyl (C=O) groups excluding carboxylic acids is 1. The van der Waals surface area contributed by atoms with Crippen LogP contribution < -0.4 is 0 Å². The number of hydrogen-bond donors (Lipinski definition) is 0. The second-order valence-electron chi connectivity index (χ2n) is 7.88. The molecule has 0 aromatic heterocycles. The Morgan fingerprint density at radius 2 is 1.78 bits per heavy atom. The average molecular weight is 343 g/mol. The molecule has 3 nitrogen and oxygen atoms in total. The van der Waals surface area contributed by atoms with Crippen LogP contribution >= 0.6 is 0 Å². The van der Waals surface area contributed by atoms with Gasteiger partial charge in [0.15, 0.2) is 8.32 Å². The molecule has 0 saturated heterocycles. The number of hydrogen-bond acceptors (Lipinski definition) is 3. The first kappa shape index (κ1) is 22.4. The lowest BCUT2D eigenvalue weighted by Crippen LogP contribution is -2.45. The van der Waals surface area contributed by atoms with Gasteiger partial charge in [-0.1, -0.05) is 60.0 Å². The van der Waals surface area contributed by atoms with E-state index in [4.69, 9.17) is 9.16 Å². The van der Waals surface area contributed by atoms with E-state index in [0.717, 1.165) is 6.42 Å². The maximum absolute atomic E-state index is 11.5. The zero-order chi connectivity index (χ0) is 18.1. The van der Waals surface area contributed by atoms with Crippen molar-refractivity contribution in [2.45, 2.75) is 91.5 Å². The maximum Gasteiger partial charge on any atom is 0.330 e. The summed E-state index contributed by atoms with van der Waals surface area (Å²) in [5.74, 6) is -0.0515. The van der Waals surface area contributed by atoms with Crippen LogP contribution in [0.1, 0.15) is 67.2 Å². The summed E-state index contributed by atoms with van der Waals surface area (Å²) in [5, 5.41) is 0.195. The second-order valence-corrected chi connectivity index (χ2v) is 12.6. The van der Waals surface area contributed by atoms with Crippen molar-refractivity contribution in [2.75, 3.05) is 6.61 Å². The van der Waals surface area contributed by atoms with Gasteiger partial charge in [0, 0.05) is 6.08 Å². The van der Waals surface area contributed by atoms with Crippen molar-refractivity contribution in [2.24, 2.45) is 5.92 Å². The number of rotatable bonds is 10. The van der Waals surface area contributed by atoms with Gasteiger partial charge >= 0.3 is 5.97 Å². The predicted molar refractivity (Wildman–Crippen MR) is 101 cm³/mol. The molecule has 0 saturated carbocycles. The Kier molecular flexibility index (Phi) is 10.0. The average Bonchev–Trinajstić information content (AvgIpc) is 2.43. The molecule has 0 aliphatic carbocycles. The summed E-state index contributed by atoms with van der Waals surface area (Å²) < 4.78 is 11.6. The van der Waals surface area contributed by atoms with Crippen LogP contribution in [0.5, 0.6) is 0 Å². The standard InChI is InChI=1S/C19H38O3Si/c1-9-11-12-13-17(22-23(7,8)19(4,5)6)16(3)14-15-18(20)21-10-2/h14-17H,9-13H2,1-8H3/b15-14+/t16-,17-/m0/s1. The van der Waals surface area contributed by atoms with Crippen LogP contribution in [0.4, 0.5) is 0 Å². The summed E-state index contributed by atoms with van der Waals surface area (Å²) in [5.41, 5.74) is 0. The van der Waals surface area contributed by atoms with Gasteiger partial charge in [0.05, 0.1) is 12.7 Å². The largest absolute Gasteiger partial charge is 0.463 e. The molecule has 136 valence electrons. The Morgan fingerprint density at radius 1 is 1.17 bits per heavy atom. The van der Waals surface area contributed by atoms with Gasteiger partial charge in [-0.05, 0) is 37.4 Å². The van der Waals surface area contributed by atoms with E-state index < -0.39 is 8.32 Å². The van der Waals surface area contributed by atoms with Crippen LogP contribution in [0.15, 0.2) is 12.2 Å². The summed E-state index contributed by atoms with van der Waals surface area (Å²) >= 11 is 0. The van der Waals surface area contributed by atoms with Crippen LogP contribution in [-0.4, -0.2) is 27.0 Å². The first-order valence-corrected chi connectivity index (χ1v) is 12.0. The fraction of sp³-hybridized carbons (Fsp3) is 0.842. The summed E-state index contributed by atoms with van der Waals surface area (Å²) in [7, 11) is -1.81. The first-order valence-electron chi connectivity index (χ1n) is 9.08. The van der Waals surface area contributed by atoms with Crippen molar-refractivity contribution >= 4 is 14.3 Å². The van der Waals surface area contributed by atoms with Crippen LogP contribution in [0.3, 0.4) is 0 Å². The van der Waals surface area contributed by atoms with Crippen molar-refractivity contribution in [1.29, 1.82) is 0 Å². The summed E-state index contributed by atoms with van der Waals surface area (Å²) in [6.45, 7) is 18.0. The molecule has 0 amide bonds. The molecule has 0 aromatic carbocycles. The number of carbonyl (C=O) groups is 1. The Hall–Kier alpha value is -0.613. The van der Waals surface area contributed by atoms with Crippen LogP contribution in [0, 0.1) is 5.92 Å². The number of esters is 1. The van der Waals surface area contributed by atoms with Gasteiger partial charge in [0.2, 0.25) is 0 Å². The van der Waals surface area contributed by atoms with E-state index in [-0.39, 0.29) is 23.0 Å². The van der Waals surface area contributed by atoms with Gasteiger partial charge in [-0.3, -0.25) is 0 Å². The molecule has 0 rings (SSSR count). The van der Waals surface area contributed by atoms with E-state index in [2.05, 4.69) is 47.7 Å². The highest BCUT2D eigenvalue weighted by Gasteiger charge is 2.39. The monoisotopic (exact) mass is 342 g/mol. The third-order valence-corrected chi connectivity index (χ3v) is 9.26. The molecule has 0 unspecified atom stereocenters. The molecule has 0 aliphatic rings. The summed E-state index contributed by atoms with van der Waals surface area (Å²) in [6, 6.07) is 0.